The molecule has 1 nitrogen and oxygen atoms in total. The molecule has 0 aromatic heterocycles. The fraction of sp³-hybridized carbons (Fsp3) is 0.118. The van der Waals surface area contributed by atoms with E-state index in [9.17, 15) is 0 Å². The van der Waals surface area contributed by atoms with Crippen molar-refractivity contribution in [2.75, 3.05) is 0 Å². The van der Waals surface area contributed by atoms with Gasteiger partial charge < -0.3 is 0 Å². The van der Waals surface area contributed by atoms with Crippen LogP contribution in [0.4, 0.5) is 5.69 Å². The van der Waals surface area contributed by atoms with Crippen LogP contribution in [-0.4, -0.2) is 0 Å². The zero-order chi connectivity index (χ0) is 13.0. The summed E-state index contributed by atoms with van der Waals surface area (Å²) in [5.41, 5.74) is 5.11. The van der Waals surface area contributed by atoms with E-state index in [-0.39, 0.29) is 0 Å². The van der Waals surface area contributed by atoms with E-state index in [1.165, 1.54) is 5.56 Å². The van der Waals surface area contributed by atoms with Crippen molar-refractivity contribution in [1.29, 1.82) is 0 Å². The lowest BCUT2D eigenvalue weighted by Gasteiger charge is -2.04. The molecule has 0 unspecified atom stereocenters. The number of aryl methyl sites for hydroxylation is 2. The monoisotopic (exact) mass is 233 g/mol. The Morgan fingerprint density at radius 2 is 1.72 bits per heavy atom. The fourth-order valence-electron chi connectivity index (χ4n) is 2.02. The summed E-state index contributed by atoms with van der Waals surface area (Å²) in [6.45, 7) is 11.3. The van der Waals surface area contributed by atoms with Crippen LogP contribution in [0.2, 0.25) is 0 Å². The molecule has 0 saturated heterocycles. The maximum absolute atomic E-state index is 7.27. The van der Waals surface area contributed by atoms with Crippen LogP contribution in [0.15, 0.2) is 42.5 Å². The smallest absolute Gasteiger partial charge is 0.197 e. The van der Waals surface area contributed by atoms with Gasteiger partial charge in [0.25, 0.3) is 0 Å². The highest BCUT2D eigenvalue weighted by atomic mass is 14.7. The molecule has 2 aromatic rings. The van der Waals surface area contributed by atoms with E-state index in [1.54, 1.807) is 0 Å². The molecule has 2 aromatic carbocycles. The Labute approximate surface area is 108 Å². The number of benzene rings is 2. The highest BCUT2D eigenvalue weighted by Crippen LogP contribution is 2.27. The molecule has 2 rings (SSSR count). The minimum Gasteiger partial charge on any atom is -0.237 e. The summed E-state index contributed by atoms with van der Waals surface area (Å²) in [5, 5.41) is 0. The first-order valence-electron chi connectivity index (χ1n) is 5.92. The summed E-state index contributed by atoms with van der Waals surface area (Å²) in [6, 6.07) is 14.2. The van der Waals surface area contributed by atoms with E-state index >= 15 is 0 Å². The number of nitrogens with zero attached hydrogens (tertiary/aromatic N) is 1. The normalized spacial score (nSPS) is 10.5. The summed E-state index contributed by atoms with van der Waals surface area (Å²) in [4.78, 5) is 3.62. The maximum atomic E-state index is 7.27. The van der Waals surface area contributed by atoms with Crippen molar-refractivity contribution in [1.82, 2.24) is 0 Å². The van der Waals surface area contributed by atoms with Crippen LogP contribution in [0.25, 0.3) is 17.0 Å². The van der Waals surface area contributed by atoms with Gasteiger partial charge in [-0.05, 0) is 30.5 Å². The van der Waals surface area contributed by atoms with Gasteiger partial charge in [-0.15, -0.1) is 0 Å². The second kappa shape index (κ2) is 5.33. The molecule has 0 saturated carbocycles. The first kappa shape index (κ1) is 12.1. The predicted molar refractivity (Wildman–Crippen MR) is 77.5 cm³/mol. The molecule has 0 aliphatic heterocycles. The molecular formula is C17H15N. The molecule has 0 N–H and O–H groups in total. The maximum Gasteiger partial charge on any atom is 0.197 e. The zero-order valence-electron chi connectivity index (χ0n) is 10.6. The van der Waals surface area contributed by atoms with Gasteiger partial charge in [0.15, 0.2) is 5.69 Å². The summed E-state index contributed by atoms with van der Waals surface area (Å²) in [5.74, 6) is 0. The molecule has 0 aliphatic carbocycles. The molecule has 0 bridgehead atoms. The highest BCUT2D eigenvalue weighted by Gasteiger charge is 2.03. The summed E-state index contributed by atoms with van der Waals surface area (Å²) in [6.07, 6.45) is 4.06. The molecule has 0 fully saturated rings. The molecule has 1 heteroatoms. The van der Waals surface area contributed by atoms with Crippen LogP contribution in [0, 0.1) is 20.4 Å². The Kier molecular flexibility index (Phi) is 3.60. The Morgan fingerprint density at radius 3 is 2.39 bits per heavy atom. The van der Waals surface area contributed by atoms with E-state index in [0.29, 0.717) is 0 Å². The quantitative estimate of drug-likeness (QED) is 0.506. The first-order valence-corrected chi connectivity index (χ1v) is 5.92. The van der Waals surface area contributed by atoms with E-state index in [2.05, 4.69) is 30.0 Å². The lowest BCUT2D eigenvalue weighted by atomic mass is 10.0. The topological polar surface area (TPSA) is 4.36 Å². The van der Waals surface area contributed by atoms with Crippen molar-refractivity contribution in [3.63, 3.8) is 0 Å². The molecule has 0 amide bonds. The van der Waals surface area contributed by atoms with E-state index in [1.807, 2.05) is 43.3 Å². The van der Waals surface area contributed by atoms with E-state index in [0.717, 1.165) is 22.4 Å². The number of rotatable bonds is 2. The third kappa shape index (κ3) is 2.67. The molecule has 0 spiro atoms. The van der Waals surface area contributed by atoms with Crippen LogP contribution >= 0.6 is 0 Å². The van der Waals surface area contributed by atoms with Gasteiger partial charge >= 0.3 is 0 Å². The van der Waals surface area contributed by atoms with Crippen LogP contribution in [0.5, 0.6) is 0 Å². The van der Waals surface area contributed by atoms with Gasteiger partial charge in [0.2, 0.25) is 0 Å². The van der Waals surface area contributed by atoms with Crippen LogP contribution in [-0.2, 0) is 0 Å². The van der Waals surface area contributed by atoms with Crippen molar-refractivity contribution < 1.29 is 0 Å². The fourth-order valence-corrected chi connectivity index (χ4v) is 2.02. The average Bonchev–Trinajstić information content (AvgIpc) is 2.37. The van der Waals surface area contributed by atoms with Gasteiger partial charge in [-0.3, -0.25) is 0 Å². The summed E-state index contributed by atoms with van der Waals surface area (Å²) in [7, 11) is 0. The Bertz CT molecular complexity index is 616. The Morgan fingerprint density at radius 1 is 1.00 bits per heavy atom. The zero-order valence-corrected chi connectivity index (χ0v) is 10.6. The van der Waals surface area contributed by atoms with Crippen LogP contribution in [0.3, 0.4) is 0 Å². The van der Waals surface area contributed by atoms with E-state index in [4.69, 9.17) is 6.57 Å². The third-order valence-electron chi connectivity index (χ3n) is 2.84. The molecular weight excluding hydrogens is 218 g/mol. The van der Waals surface area contributed by atoms with E-state index < -0.39 is 0 Å². The predicted octanol–water partition coefficient (Wildman–Crippen LogP) is 5.02. The van der Waals surface area contributed by atoms with Gasteiger partial charge in [0.05, 0.1) is 6.57 Å². The standard InChI is InChI=1S/C17H15N/c1-13-11-14(2)17(18-3)16(12-13)10-9-15-7-5-4-6-8-15/h4-12H,1-2H3. The van der Waals surface area contributed by atoms with Crippen LogP contribution < -0.4 is 0 Å². The van der Waals surface area contributed by atoms with Gasteiger partial charge in [0, 0.05) is 0 Å². The highest BCUT2D eigenvalue weighted by molar-refractivity contribution is 5.79. The lowest BCUT2D eigenvalue weighted by molar-refractivity contribution is 1.39. The van der Waals surface area contributed by atoms with Crippen molar-refractivity contribution in [2.45, 2.75) is 13.8 Å². The minimum atomic E-state index is 0.743. The molecule has 18 heavy (non-hydrogen) atoms. The number of hydrogen-bond acceptors (Lipinski definition) is 0. The average molecular weight is 233 g/mol. The second-order valence-electron chi connectivity index (χ2n) is 4.38. The summed E-state index contributed by atoms with van der Waals surface area (Å²) < 4.78 is 0. The van der Waals surface area contributed by atoms with Crippen molar-refractivity contribution in [3.8, 4) is 0 Å². The molecule has 0 heterocycles. The minimum absolute atomic E-state index is 0.743. The van der Waals surface area contributed by atoms with Gasteiger partial charge in [0.1, 0.15) is 0 Å². The van der Waals surface area contributed by atoms with Crippen LogP contribution in [0.1, 0.15) is 22.3 Å². The summed E-state index contributed by atoms with van der Waals surface area (Å²) >= 11 is 0. The Balaban J connectivity index is 2.41. The van der Waals surface area contributed by atoms with Crippen molar-refractivity contribution in [3.05, 3.63) is 76.1 Å². The molecule has 0 radical (unpaired) electrons. The number of hydrogen-bond donors (Lipinski definition) is 0. The lowest BCUT2D eigenvalue weighted by Crippen LogP contribution is -1.82. The third-order valence-corrected chi connectivity index (χ3v) is 2.84. The molecule has 0 aliphatic rings. The SMILES string of the molecule is [C-]#[N+]c1c(C)cc(C)cc1C=Cc1ccccc1. The van der Waals surface area contributed by atoms with Gasteiger partial charge in [-0.25, -0.2) is 4.85 Å². The van der Waals surface area contributed by atoms with Gasteiger partial charge in [-0.1, -0.05) is 60.2 Å². The first-order chi connectivity index (χ1) is 8.70. The molecule has 0 atom stereocenters. The van der Waals surface area contributed by atoms with Crippen molar-refractivity contribution in [2.24, 2.45) is 0 Å². The van der Waals surface area contributed by atoms with Gasteiger partial charge in [-0.2, -0.15) is 0 Å². The molecule has 88 valence electrons. The van der Waals surface area contributed by atoms with Crippen molar-refractivity contribution >= 4 is 17.8 Å². The Hall–Kier alpha value is -2.33. The second-order valence-corrected chi connectivity index (χ2v) is 4.38. The largest absolute Gasteiger partial charge is 0.237 e.